The van der Waals surface area contributed by atoms with E-state index in [0.717, 1.165) is 29.1 Å². The van der Waals surface area contributed by atoms with E-state index < -0.39 is 0 Å². The van der Waals surface area contributed by atoms with Crippen LogP contribution in [0.25, 0.3) is 0 Å². The molecule has 1 heterocycles. The molecule has 1 fully saturated rings. The third-order valence-corrected chi connectivity index (χ3v) is 5.78. The fraction of sp³-hybridized carbons (Fsp3) is 0.647. The lowest BCUT2D eigenvalue weighted by atomic mass is 9.92. The van der Waals surface area contributed by atoms with Gasteiger partial charge >= 0.3 is 0 Å². The van der Waals surface area contributed by atoms with Crippen molar-refractivity contribution in [3.8, 4) is 0 Å². The van der Waals surface area contributed by atoms with Crippen LogP contribution in [0.4, 0.5) is 0 Å². The highest BCUT2D eigenvalue weighted by atomic mass is 79.9. The van der Waals surface area contributed by atoms with Gasteiger partial charge in [0.1, 0.15) is 0 Å². The summed E-state index contributed by atoms with van der Waals surface area (Å²) in [6.45, 7) is 10.0. The molecule has 4 heteroatoms. The number of hydrogen-bond donors (Lipinski definition) is 1. The molecule has 0 spiro atoms. The maximum absolute atomic E-state index is 6.40. The second kappa shape index (κ2) is 7.45. The molecule has 1 aromatic rings. The largest absolute Gasteiger partial charge is 0.310 e. The zero-order valence-electron chi connectivity index (χ0n) is 13.3. The van der Waals surface area contributed by atoms with Gasteiger partial charge in [0.05, 0.1) is 0 Å². The summed E-state index contributed by atoms with van der Waals surface area (Å²) in [4.78, 5) is 2.59. The van der Waals surface area contributed by atoms with E-state index in [4.69, 9.17) is 11.6 Å². The van der Waals surface area contributed by atoms with Gasteiger partial charge in [-0.05, 0) is 50.4 Å². The number of halogens is 2. The number of hydrogen-bond acceptors (Lipinski definition) is 2. The van der Waals surface area contributed by atoms with E-state index in [9.17, 15) is 0 Å². The highest BCUT2D eigenvalue weighted by Gasteiger charge is 2.32. The van der Waals surface area contributed by atoms with E-state index in [2.05, 4.69) is 59.1 Å². The molecule has 0 saturated carbocycles. The maximum Gasteiger partial charge on any atom is 0.0462 e. The maximum atomic E-state index is 6.40. The molecule has 0 aliphatic carbocycles. The van der Waals surface area contributed by atoms with Crippen molar-refractivity contribution in [2.24, 2.45) is 0 Å². The fourth-order valence-corrected chi connectivity index (χ4v) is 3.87. The van der Waals surface area contributed by atoms with Crippen LogP contribution >= 0.6 is 27.5 Å². The lowest BCUT2D eigenvalue weighted by Gasteiger charge is -2.37. The van der Waals surface area contributed by atoms with Crippen LogP contribution in [0.1, 0.15) is 45.6 Å². The minimum Gasteiger partial charge on any atom is -0.310 e. The third-order valence-electron chi connectivity index (χ3n) is 4.93. The van der Waals surface area contributed by atoms with Gasteiger partial charge in [-0.3, -0.25) is 4.90 Å². The number of benzene rings is 1. The van der Waals surface area contributed by atoms with Gasteiger partial charge in [-0.1, -0.05) is 47.4 Å². The Morgan fingerprint density at radius 3 is 2.71 bits per heavy atom. The SMILES string of the molecule is CCC1(CC)CN(Cc2ccc(Br)cc2Cl)C(C)CCN1. The van der Waals surface area contributed by atoms with Crippen LogP contribution in [0.3, 0.4) is 0 Å². The number of rotatable bonds is 4. The lowest BCUT2D eigenvalue weighted by Crippen LogP contribution is -2.51. The van der Waals surface area contributed by atoms with Crippen LogP contribution in [0.15, 0.2) is 22.7 Å². The van der Waals surface area contributed by atoms with Crippen LogP contribution in [-0.4, -0.2) is 29.6 Å². The summed E-state index contributed by atoms with van der Waals surface area (Å²) in [6, 6.07) is 6.79. The van der Waals surface area contributed by atoms with E-state index >= 15 is 0 Å². The van der Waals surface area contributed by atoms with Crippen molar-refractivity contribution >= 4 is 27.5 Å². The van der Waals surface area contributed by atoms with Gasteiger partial charge in [0.2, 0.25) is 0 Å². The Hall–Kier alpha value is -0.0900. The molecule has 0 radical (unpaired) electrons. The molecule has 118 valence electrons. The minimum atomic E-state index is 0.243. The fourth-order valence-electron chi connectivity index (χ4n) is 3.13. The summed E-state index contributed by atoms with van der Waals surface area (Å²) < 4.78 is 1.04. The van der Waals surface area contributed by atoms with E-state index in [-0.39, 0.29) is 5.54 Å². The summed E-state index contributed by atoms with van der Waals surface area (Å²) >= 11 is 9.88. The second-order valence-electron chi connectivity index (χ2n) is 6.19. The van der Waals surface area contributed by atoms with Crippen LogP contribution < -0.4 is 5.32 Å². The zero-order valence-corrected chi connectivity index (χ0v) is 15.6. The standard InChI is InChI=1S/C17H26BrClN2/c1-4-17(5-2)12-21(13(3)8-9-20-17)11-14-6-7-15(18)10-16(14)19/h6-7,10,13,20H,4-5,8-9,11-12H2,1-3H3. The summed E-state index contributed by atoms with van der Waals surface area (Å²) in [5.74, 6) is 0. The van der Waals surface area contributed by atoms with Crippen molar-refractivity contribution in [1.29, 1.82) is 0 Å². The van der Waals surface area contributed by atoms with E-state index in [1.165, 1.54) is 24.8 Å². The van der Waals surface area contributed by atoms with E-state index in [1.807, 2.05) is 6.07 Å². The third kappa shape index (κ3) is 4.22. The minimum absolute atomic E-state index is 0.243. The van der Waals surface area contributed by atoms with Gasteiger partial charge in [-0.2, -0.15) is 0 Å². The molecule has 1 unspecified atom stereocenters. The first-order chi connectivity index (χ1) is 9.99. The van der Waals surface area contributed by atoms with Gasteiger partial charge in [-0.15, -0.1) is 0 Å². The Kier molecular flexibility index (Phi) is 6.13. The van der Waals surface area contributed by atoms with Gasteiger partial charge in [0, 0.05) is 34.2 Å². The smallest absolute Gasteiger partial charge is 0.0462 e. The molecule has 1 aliphatic heterocycles. The monoisotopic (exact) mass is 372 g/mol. The molecule has 0 aromatic heterocycles. The molecular weight excluding hydrogens is 348 g/mol. The van der Waals surface area contributed by atoms with Gasteiger partial charge in [0.15, 0.2) is 0 Å². The summed E-state index contributed by atoms with van der Waals surface area (Å²) in [6.07, 6.45) is 3.53. The zero-order chi connectivity index (χ0) is 15.5. The highest BCUT2D eigenvalue weighted by Crippen LogP contribution is 2.27. The van der Waals surface area contributed by atoms with Crippen molar-refractivity contribution in [2.75, 3.05) is 13.1 Å². The van der Waals surface area contributed by atoms with Crippen LogP contribution in [-0.2, 0) is 6.54 Å². The van der Waals surface area contributed by atoms with Crippen molar-refractivity contribution in [3.63, 3.8) is 0 Å². The van der Waals surface area contributed by atoms with Gasteiger partial charge < -0.3 is 5.32 Å². The second-order valence-corrected chi connectivity index (χ2v) is 7.52. The van der Waals surface area contributed by atoms with Crippen molar-refractivity contribution < 1.29 is 0 Å². The molecule has 1 N–H and O–H groups in total. The van der Waals surface area contributed by atoms with Crippen LogP contribution in [0.2, 0.25) is 5.02 Å². The first kappa shape index (κ1) is 17.3. The molecule has 21 heavy (non-hydrogen) atoms. The Bertz CT molecular complexity index is 474. The Balaban J connectivity index is 2.18. The molecule has 1 aliphatic rings. The molecule has 2 rings (SSSR count). The van der Waals surface area contributed by atoms with E-state index in [1.54, 1.807) is 0 Å². The lowest BCUT2D eigenvalue weighted by molar-refractivity contribution is 0.152. The summed E-state index contributed by atoms with van der Waals surface area (Å²) in [7, 11) is 0. The van der Waals surface area contributed by atoms with Crippen molar-refractivity contribution in [1.82, 2.24) is 10.2 Å². The quantitative estimate of drug-likeness (QED) is 0.812. The Morgan fingerprint density at radius 1 is 1.38 bits per heavy atom. The predicted octanol–water partition coefficient (Wildman–Crippen LogP) is 4.85. The van der Waals surface area contributed by atoms with Crippen molar-refractivity contribution in [2.45, 2.75) is 58.2 Å². The molecule has 1 atom stereocenters. The van der Waals surface area contributed by atoms with Gasteiger partial charge in [-0.25, -0.2) is 0 Å². The first-order valence-corrected chi connectivity index (χ1v) is 9.10. The summed E-state index contributed by atoms with van der Waals surface area (Å²) in [5.41, 5.74) is 1.46. The van der Waals surface area contributed by atoms with E-state index in [0.29, 0.717) is 6.04 Å². The molecule has 2 nitrogen and oxygen atoms in total. The topological polar surface area (TPSA) is 15.3 Å². The molecule has 1 saturated heterocycles. The average molecular weight is 374 g/mol. The Labute approximate surface area is 142 Å². The molecular formula is C17H26BrClN2. The average Bonchev–Trinajstić information content (AvgIpc) is 2.62. The predicted molar refractivity (Wildman–Crippen MR) is 95.0 cm³/mol. The summed E-state index contributed by atoms with van der Waals surface area (Å²) in [5, 5.41) is 4.64. The highest BCUT2D eigenvalue weighted by molar-refractivity contribution is 9.10. The van der Waals surface area contributed by atoms with Crippen LogP contribution in [0.5, 0.6) is 0 Å². The first-order valence-electron chi connectivity index (χ1n) is 7.92. The van der Waals surface area contributed by atoms with Gasteiger partial charge in [0.25, 0.3) is 0 Å². The molecule has 0 amide bonds. The molecule has 0 bridgehead atoms. The number of nitrogens with zero attached hydrogens (tertiary/aromatic N) is 1. The van der Waals surface area contributed by atoms with Crippen LogP contribution in [0, 0.1) is 0 Å². The normalized spacial score (nSPS) is 23.0. The molecule has 1 aromatic carbocycles. The van der Waals surface area contributed by atoms with Crippen molar-refractivity contribution in [3.05, 3.63) is 33.3 Å². The Morgan fingerprint density at radius 2 is 2.10 bits per heavy atom. The number of nitrogens with one attached hydrogen (secondary N) is 1.